The Morgan fingerprint density at radius 1 is 1.24 bits per heavy atom. The molecule has 1 aliphatic carbocycles. The van der Waals surface area contributed by atoms with Gasteiger partial charge in [-0.1, -0.05) is 0 Å². The summed E-state index contributed by atoms with van der Waals surface area (Å²) in [5.74, 6) is -0.805. The van der Waals surface area contributed by atoms with Crippen molar-refractivity contribution in [3.05, 3.63) is 42.0 Å². The van der Waals surface area contributed by atoms with Gasteiger partial charge in [-0.05, 0) is 37.0 Å². The minimum absolute atomic E-state index is 0.244. The smallest absolute Gasteiger partial charge is 0.240 e. The molecule has 0 saturated heterocycles. The largest absolute Gasteiger partial charge is 0.491 e. The van der Waals surface area contributed by atoms with Crippen molar-refractivity contribution in [3.8, 4) is 17.0 Å². The average molecular weight is 398 g/mol. The van der Waals surface area contributed by atoms with E-state index in [4.69, 9.17) is 10.5 Å². The van der Waals surface area contributed by atoms with Crippen LogP contribution in [-0.2, 0) is 4.79 Å². The molecular formula is C21H20F2N4O2. The summed E-state index contributed by atoms with van der Waals surface area (Å²) in [6.07, 6.45) is 1.94. The Kier molecular flexibility index (Phi) is 4.08. The van der Waals surface area contributed by atoms with E-state index in [-0.39, 0.29) is 17.4 Å². The number of amides is 1. The molecule has 1 amide bonds. The Bertz CT molecular complexity index is 1120. The van der Waals surface area contributed by atoms with Crippen LogP contribution in [0, 0.1) is 17.6 Å². The Balaban J connectivity index is 1.63. The topological polar surface area (TPSA) is 92.2 Å². The molecule has 29 heavy (non-hydrogen) atoms. The maximum Gasteiger partial charge on any atom is 0.240 e. The highest BCUT2D eigenvalue weighted by molar-refractivity contribution is 6.06. The minimum atomic E-state index is -0.651. The first-order valence-electron chi connectivity index (χ1n) is 9.59. The van der Waals surface area contributed by atoms with Gasteiger partial charge in [0.1, 0.15) is 30.0 Å². The molecule has 1 saturated carbocycles. The Morgan fingerprint density at radius 2 is 2.07 bits per heavy atom. The quantitative estimate of drug-likeness (QED) is 0.529. The van der Waals surface area contributed by atoms with Crippen molar-refractivity contribution in [2.24, 2.45) is 11.7 Å². The normalized spacial score (nSPS) is 16.6. The Morgan fingerprint density at radius 3 is 2.79 bits per heavy atom. The summed E-state index contributed by atoms with van der Waals surface area (Å²) in [5.41, 5.74) is 8.46. The molecule has 0 radical (unpaired) electrons. The van der Waals surface area contributed by atoms with Crippen molar-refractivity contribution in [3.63, 3.8) is 0 Å². The zero-order valence-corrected chi connectivity index (χ0v) is 15.5. The summed E-state index contributed by atoms with van der Waals surface area (Å²) < 4.78 is 33.7. The van der Waals surface area contributed by atoms with Gasteiger partial charge in [-0.15, -0.1) is 0 Å². The lowest BCUT2D eigenvalue weighted by molar-refractivity contribution is -0.119. The van der Waals surface area contributed by atoms with E-state index in [1.807, 2.05) is 12.1 Å². The number of H-pyrrole nitrogens is 1. The lowest BCUT2D eigenvalue weighted by atomic mass is 10.1. The van der Waals surface area contributed by atoms with Crippen molar-refractivity contribution in [1.29, 1.82) is 0 Å². The number of nitrogens with one attached hydrogen (secondary N) is 3. The van der Waals surface area contributed by atoms with Gasteiger partial charge in [-0.25, -0.2) is 8.78 Å². The summed E-state index contributed by atoms with van der Waals surface area (Å²) >= 11 is 0. The van der Waals surface area contributed by atoms with Gasteiger partial charge in [0, 0.05) is 29.9 Å². The molecule has 1 fully saturated rings. The molecule has 8 heteroatoms. The summed E-state index contributed by atoms with van der Waals surface area (Å²) in [5, 5.41) is 7.28. The third kappa shape index (κ3) is 3.14. The number of hydrogen-bond acceptors (Lipinski definition) is 4. The SMILES string of the molecule is NC(=O)[C@@H](Nc1cc2c3c(c(-c4ccc(F)cc4F)[nH]c3c1)NCCO2)C1CC1. The van der Waals surface area contributed by atoms with Crippen LogP contribution in [0.25, 0.3) is 22.2 Å². The number of carbonyl (C=O) groups excluding carboxylic acids is 1. The first-order chi connectivity index (χ1) is 14.0. The van der Waals surface area contributed by atoms with Crippen LogP contribution in [0.5, 0.6) is 5.75 Å². The molecule has 2 heterocycles. The van der Waals surface area contributed by atoms with Gasteiger partial charge >= 0.3 is 0 Å². The van der Waals surface area contributed by atoms with E-state index in [0.29, 0.717) is 41.5 Å². The van der Waals surface area contributed by atoms with Gasteiger partial charge in [0.05, 0.1) is 22.3 Å². The van der Waals surface area contributed by atoms with E-state index < -0.39 is 17.7 Å². The number of aromatic amines is 1. The van der Waals surface area contributed by atoms with E-state index in [9.17, 15) is 13.6 Å². The highest BCUT2D eigenvalue weighted by atomic mass is 19.1. The second kappa shape index (κ2) is 6.65. The van der Waals surface area contributed by atoms with E-state index in [1.165, 1.54) is 12.1 Å². The van der Waals surface area contributed by atoms with Crippen LogP contribution in [0.1, 0.15) is 12.8 Å². The second-order valence-corrected chi connectivity index (χ2v) is 7.53. The maximum absolute atomic E-state index is 14.5. The number of benzene rings is 2. The molecule has 6 nitrogen and oxygen atoms in total. The summed E-state index contributed by atoms with van der Waals surface area (Å²) in [6.45, 7) is 0.965. The molecule has 1 atom stereocenters. The maximum atomic E-state index is 14.5. The van der Waals surface area contributed by atoms with E-state index in [0.717, 1.165) is 24.3 Å². The number of ether oxygens (including phenoxy) is 1. The zero-order chi connectivity index (χ0) is 20.1. The van der Waals surface area contributed by atoms with Crippen LogP contribution >= 0.6 is 0 Å². The van der Waals surface area contributed by atoms with Gasteiger partial charge < -0.3 is 26.1 Å². The fourth-order valence-corrected chi connectivity index (χ4v) is 3.93. The molecule has 1 aliphatic heterocycles. The lowest BCUT2D eigenvalue weighted by Crippen LogP contribution is -2.37. The highest BCUT2D eigenvalue weighted by Crippen LogP contribution is 2.44. The number of primary amides is 1. The first-order valence-corrected chi connectivity index (χ1v) is 9.59. The van der Waals surface area contributed by atoms with Crippen LogP contribution in [0.3, 0.4) is 0 Å². The van der Waals surface area contributed by atoms with Crippen LogP contribution in [0.2, 0.25) is 0 Å². The van der Waals surface area contributed by atoms with Crippen molar-refractivity contribution >= 4 is 28.2 Å². The molecule has 3 aromatic rings. The van der Waals surface area contributed by atoms with Crippen molar-refractivity contribution in [2.45, 2.75) is 18.9 Å². The minimum Gasteiger partial charge on any atom is -0.491 e. The molecule has 0 unspecified atom stereocenters. The summed E-state index contributed by atoms with van der Waals surface area (Å²) in [6, 6.07) is 6.74. The van der Waals surface area contributed by atoms with Crippen molar-refractivity contribution in [1.82, 2.24) is 4.98 Å². The van der Waals surface area contributed by atoms with E-state index >= 15 is 0 Å². The van der Waals surface area contributed by atoms with Gasteiger partial charge in [-0.2, -0.15) is 0 Å². The number of anilines is 2. The lowest BCUT2D eigenvalue weighted by Gasteiger charge is -2.17. The molecule has 5 rings (SSSR count). The van der Waals surface area contributed by atoms with Crippen molar-refractivity contribution < 1.29 is 18.3 Å². The summed E-state index contributed by atoms with van der Waals surface area (Å²) in [4.78, 5) is 15.0. The Labute approximate surface area is 165 Å². The standard InChI is InChI=1S/C21H20F2N4O2/c22-11-3-4-13(14(23)7-11)19-20-17-15(27-19)8-12(9-16(17)29-6-5-25-20)26-18(21(24)28)10-1-2-10/h3-4,7-10,18,25-27H,1-2,5-6H2,(H2,24,28)/t18-/m0/s1. The van der Waals surface area contributed by atoms with E-state index in [1.54, 1.807) is 0 Å². The fourth-order valence-electron chi connectivity index (χ4n) is 3.93. The zero-order valence-electron chi connectivity index (χ0n) is 15.5. The van der Waals surface area contributed by atoms with E-state index in [2.05, 4.69) is 15.6 Å². The van der Waals surface area contributed by atoms with Crippen LogP contribution in [-0.4, -0.2) is 30.1 Å². The monoisotopic (exact) mass is 398 g/mol. The predicted octanol–water partition coefficient (Wildman–Crippen LogP) is 3.59. The average Bonchev–Trinajstić information content (AvgIpc) is 3.46. The summed E-state index contributed by atoms with van der Waals surface area (Å²) in [7, 11) is 0. The fraction of sp³-hybridized carbons (Fsp3) is 0.286. The number of halogens is 2. The van der Waals surface area contributed by atoms with Gasteiger partial charge in [0.2, 0.25) is 5.91 Å². The third-order valence-electron chi connectivity index (χ3n) is 5.45. The first kappa shape index (κ1) is 17.8. The van der Waals surface area contributed by atoms with Crippen molar-refractivity contribution in [2.75, 3.05) is 23.8 Å². The highest BCUT2D eigenvalue weighted by Gasteiger charge is 2.35. The molecule has 150 valence electrons. The molecule has 2 aromatic carbocycles. The Hall–Kier alpha value is -3.29. The molecule has 2 aliphatic rings. The second-order valence-electron chi connectivity index (χ2n) is 7.53. The van der Waals surface area contributed by atoms with Crippen LogP contribution in [0.4, 0.5) is 20.2 Å². The number of hydrogen-bond donors (Lipinski definition) is 4. The third-order valence-corrected chi connectivity index (χ3v) is 5.45. The van der Waals surface area contributed by atoms with Gasteiger partial charge in [0.25, 0.3) is 0 Å². The number of nitrogens with two attached hydrogens (primary N) is 1. The molecule has 0 bridgehead atoms. The number of rotatable bonds is 5. The number of aromatic nitrogens is 1. The molecular weight excluding hydrogens is 378 g/mol. The van der Waals surface area contributed by atoms with Gasteiger partial charge in [0.15, 0.2) is 0 Å². The van der Waals surface area contributed by atoms with Gasteiger partial charge in [-0.3, -0.25) is 4.79 Å². The predicted molar refractivity (Wildman–Crippen MR) is 107 cm³/mol. The molecule has 1 aromatic heterocycles. The molecule has 0 spiro atoms. The number of carbonyl (C=O) groups is 1. The van der Waals surface area contributed by atoms with Crippen LogP contribution in [0.15, 0.2) is 30.3 Å². The molecule has 5 N–H and O–H groups in total. The van der Waals surface area contributed by atoms with Crippen LogP contribution < -0.4 is 21.1 Å².